The third kappa shape index (κ3) is 2.62. The van der Waals surface area contributed by atoms with Gasteiger partial charge in [-0.3, -0.25) is 4.79 Å². The summed E-state index contributed by atoms with van der Waals surface area (Å²) in [6.45, 7) is 0.243. The van der Waals surface area contributed by atoms with Crippen LogP contribution in [0.15, 0.2) is 58.0 Å². The SMILES string of the molecule is O=c1ccccn1Cc1nc(-c2cccc(Cl)c2)no1. The molecular weight excluding hydrogens is 278 g/mol. The van der Waals surface area contributed by atoms with Crippen molar-refractivity contribution in [1.29, 1.82) is 0 Å². The van der Waals surface area contributed by atoms with E-state index in [2.05, 4.69) is 10.1 Å². The number of benzene rings is 1. The average molecular weight is 288 g/mol. The van der Waals surface area contributed by atoms with Crippen molar-refractivity contribution in [3.63, 3.8) is 0 Å². The molecule has 5 nitrogen and oxygen atoms in total. The molecule has 0 fully saturated rings. The molecule has 0 spiro atoms. The summed E-state index contributed by atoms with van der Waals surface area (Å²) in [6, 6.07) is 12.1. The second kappa shape index (κ2) is 5.30. The fourth-order valence-electron chi connectivity index (χ4n) is 1.80. The highest BCUT2D eigenvalue weighted by atomic mass is 35.5. The van der Waals surface area contributed by atoms with Gasteiger partial charge in [-0.05, 0) is 18.2 Å². The molecule has 0 atom stereocenters. The van der Waals surface area contributed by atoms with Crippen LogP contribution in [0, 0.1) is 0 Å². The van der Waals surface area contributed by atoms with E-state index in [4.69, 9.17) is 16.1 Å². The Morgan fingerprint density at radius 3 is 2.90 bits per heavy atom. The molecule has 0 radical (unpaired) electrons. The predicted octanol–water partition coefficient (Wildman–Crippen LogP) is 2.60. The van der Waals surface area contributed by atoms with Crippen molar-refractivity contribution < 1.29 is 4.52 Å². The molecule has 0 saturated heterocycles. The van der Waals surface area contributed by atoms with Crippen molar-refractivity contribution >= 4 is 11.6 Å². The molecule has 0 aliphatic heterocycles. The Labute approximate surface area is 119 Å². The maximum absolute atomic E-state index is 11.6. The Morgan fingerprint density at radius 1 is 1.20 bits per heavy atom. The number of pyridine rings is 1. The van der Waals surface area contributed by atoms with Crippen molar-refractivity contribution in [2.45, 2.75) is 6.54 Å². The largest absolute Gasteiger partial charge is 0.337 e. The minimum Gasteiger partial charge on any atom is -0.337 e. The molecule has 0 N–H and O–H groups in total. The van der Waals surface area contributed by atoms with Crippen LogP contribution in [-0.2, 0) is 6.54 Å². The predicted molar refractivity (Wildman–Crippen MR) is 74.5 cm³/mol. The van der Waals surface area contributed by atoms with Crippen LogP contribution in [0.4, 0.5) is 0 Å². The maximum Gasteiger partial charge on any atom is 0.250 e. The van der Waals surface area contributed by atoms with Crippen LogP contribution >= 0.6 is 11.6 Å². The minimum absolute atomic E-state index is 0.116. The van der Waals surface area contributed by atoms with Crippen LogP contribution in [0.5, 0.6) is 0 Å². The Balaban J connectivity index is 1.88. The topological polar surface area (TPSA) is 60.9 Å². The van der Waals surface area contributed by atoms with Gasteiger partial charge in [-0.2, -0.15) is 4.98 Å². The lowest BCUT2D eigenvalue weighted by Gasteiger charge is -1.99. The molecule has 2 aromatic heterocycles. The molecule has 20 heavy (non-hydrogen) atoms. The van der Waals surface area contributed by atoms with E-state index in [-0.39, 0.29) is 12.1 Å². The zero-order valence-corrected chi connectivity index (χ0v) is 11.1. The van der Waals surface area contributed by atoms with Gasteiger partial charge in [0.25, 0.3) is 5.56 Å². The van der Waals surface area contributed by atoms with Gasteiger partial charge in [0.05, 0.1) is 0 Å². The summed E-state index contributed by atoms with van der Waals surface area (Å²) < 4.78 is 6.65. The van der Waals surface area contributed by atoms with E-state index in [1.54, 1.807) is 30.5 Å². The molecule has 3 aromatic rings. The van der Waals surface area contributed by atoms with Crippen LogP contribution in [0.3, 0.4) is 0 Å². The van der Waals surface area contributed by atoms with Gasteiger partial charge in [0.1, 0.15) is 6.54 Å². The molecule has 0 aliphatic carbocycles. The molecule has 6 heteroatoms. The number of aromatic nitrogens is 3. The summed E-state index contributed by atoms with van der Waals surface area (Å²) in [5, 5.41) is 4.50. The first-order valence-electron chi connectivity index (χ1n) is 5.96. The molecule has 2 heterocycles. The highest BCUT2D eigenvalue weighted by Gasteiger charge is 2.09. The smallest absolute Gasteiger partial charge is 0.250 e. The number of nitrogens with zero attached hydrogens (tertiary/aromatic N) is 3. The van der Waals surface area contributed by atoms with E-state index in [1.165, 1.54) is 10.6 Å². The van der Waals surface area contributed by atoms with E-state index in [0.29, 0.717) is 16.7 Å². The summed E-state index contributed by atoms with van der Waals surface area (Å²) in [6.07, 6.45) is 1.67. The lowest BCUT2D eigenvalue weighted by Crippen LogP contribution is -2.18. The van der Waals surface area contributed by atoms with Crippen LogP contribution < -0.4 is 5.56 Å². The van der Waals surface area contributed by atoms with Crippen molar-refractivity contribution in [2.24, 2.45) is 0 Å². The monoisotopic (exact) mass is 287 g/mol. The Bertz CT molecular complexity index is 795. The molecule has 0 saturated carbocycles. The molecule has 3 rings (SSSR count). The summed E-state index contributed by atoms with van der Waals surface area (Å²) >= 11 is 5.92. The zero-order valence-electron chi connectivity index (χ0n) is 10.4. The number of rotatable bonds is 3. The summed E-state index contributed by atoms with van der Waals surface area (Å²) in [5.41, 5.74) is 0.655. The second-order valence-corrected chi connectivity index (χ2v) is 4.63. The Morgan fingerprint density at radius 2 is 2.10 bits per heavy atom. The number of hydrogen-bond acceptors (Lipinski definition) is 4. The third-order valence-corrected chi connectivity index (χ3v) is 2.99. The lowest BCUT2D eigenvalue weighted by atomic mass is 10.2. The summed E-state index contributed by atoms with van der Waals surface area (Å²) in [7, 11) is 0. The molecule has 0 unspecified atom stereocenters. The van der Waals surface area contributed by atoms with Crippen LogP contribution in [0.1, 0.15) is 5.89 Å². The third-order valence-electron chi connectivity index (χ3n) is 2.76. The van der Waals surface area contributed by atoms with E-state index in [9.17, 15) is 4.79 Å². The fraction of sp³-hybridized carbons (Fsp3) is 0.0714. The van der Waals surface area contributed by atoms with Crippen molar-refractivity contribution in [2.75, 3.05) is 0 Å². The standard InChI is InChI=1S/C14H10ClN3O2/c15-11-5-3-4-10(8-11)14-16-12(20-17-14)9-18-7-2-1-6-13(18)19/h1-8H,9H2. The van der Waals surface area contributed by atoms with Gasteiger partial charge >= 0.3 is 0 Å². The Hall–Kier alpha value is -2.40. The lowest BCUT2D eigenvalue weighted by molar-refractivity contribution is 0.370. The summed E-state index contributed by atoms with van der Waals surface area (Å²) in [5.74, 6) is 0.819. The van der Waals surface area contributed by atoms with Crippen molar-refractivity contribution in [1.82, 2.24) is 14.7 Å². The van der Waals surface area contributed by atoms with Gasteiger partial charge in [-0.1, -0.05) is 35.0 Å². The van der Waals surface area contributed by atoms with Crippen LogP contribution in [-0.4, -0.2) is 14.7 Å². The quantitative estimate of drug-likeness (QED) is 0.743. The molecule has 100 valence electrons. The molecule has 0 bridgehead atoms. The minimum atomic E-state index is -0.116. The highest BCUT2D eigenvalue weighted by Crippen LogP contribution is 2.19. The van der Waals surface area contributed by atoms with Gasteiger partial charge in [0.15, 0.2) is 0 Å². The average Bonchev–Trinajstić information content (AvgIpc) is 2.90. The van der Waals surface area contributed by atoms with Crippen LogP contribution in [0.2, 0.25) is 5.02 Å². The first-order valence-corrected chi connectivity index (χ1v) is 6.34. The second-order valence-electron chi connectivity index (χ2n) is 4.19. The van der Waals surface area contributed by atoms with E-state index in [1.807, 2.05) is 12.1 Å². The van der Waals surface area contributed by atoms with E-state index in [0.717, 1.165) is 5.56 Å². The first kappa shape index (κ1) is 12.6. The first-order chi connectivity index (χ1) is 9.72. The number of hydrogen-bond donors (Lipinski definition) is 0. The van der Waals surface area contributed by atoms with Gasteiger partial charge in [-0.15, -0.1) is 0 Å². The maximum atomic E-state index is 11.6. The zero-order chi connectivity index (χ0) is 13.9. The van der Waals surface area contributed by atoms with Gasteiger partial charge < -0.3 is 9.09 Å². The molecular formula is C14H10ClN3O2. The normalized spacial score (nSPS) is 10.7. The number of halogens is 1. The van der Waals surface area contributed by atoms with E-state index >= 15 is 0 Å². The fourth-order valence-corrected chi connectivity index (χ4v) is 1.99. The molecule has 1 aromatic carbocycles. The van der Waals surface area contributed by atoms with Gasteiger partial charge in [0, 0.05) is 22.8 Å². The van der Waals surface area contributed by atoms with Crippen molar-refractivity contribution in [3.8, 4) is 11.4 Å². The van der Waals surface area contributed by atoms with E-state index < -0.39 is 0 Å². The van der Waals surface area contributed by atoms with Crippen molar-refractivity contribution in [3.05, 3.63) is 69.9 Å². The summed E-state index contributed by atoms with van der Waals surface area (Å²) in [4.78, 5) is 15.9. The van der Waals surface area contributed by atoms with Gasteiger partial charge in [0.2, 0.25) is 11.7 Å². The van der Waals surface area contributed by atoms with Gasteiger partial charge in [-0.25, -0.2) is 0 Å². The molecule has 0 amide bonds. The molecule has 0 aliphatic rings. The highest BCUT2D eigenvalue weighted by molar-refractivity contribution is 6.30. The van der Waals surface area contributed by atoms with Crippen LogP contribution in [0.25, 0.3) is 11.4 Å². The Kier molecular flexibility index (Phi) is 3.35.